The molecule has 3 heterocycles. The van der Waals surface area contributed by atoms with Crippen LogP contribution in [0.3, 0.4) is 0 Å². The number of nitrogens with one attached hydrogen (secondary N) is 1. The summed E-state index contributed by atoms with van der Waals surface area (Å²) in [5, 5.41) is 14.0. The van der Waals surface area contributed by atoms with Crippen LogP contribution in [0.1, 0.15) is 0 Å². The first-order valence-electron chi connectivity index (χ1n) is 10.1. The van der Waals surface area contributed by atoms with E-state index in [1.54, 1.807) is 24.3 Å². The van der Waals surface area contributed by atoms with Gasteiger partial charge in [-0.3, -0.25) is 14.5 Å². The van der Waals surface area contributed by atoms with Gasteiger partial charge in [-0.05, 0) is 18.2 Å². The van der Waals surface area contributed by atoms with Crippen LogP contribution in [-0.4, -0.2) is 65.8 Å². The van der Waals surface area contributed by atoms with Crippen molar-refractivity contribution in [3.8, 4) is 0 Å². The van der Waals surface area contributed by atoms with E-state index in [0.29, 0.717) is 35.7 Å². The van der Waals surface area contributed by atoms with Gasteiger partial charge in [0.25, 0.3) is 5.91 Å². The molecular weight excluding hydrogens is 587 g/mol. The molecule has 0 saturated carbocycles. The third-order valence-electron chi connectivity index (χ3n) is 4.88. The standard InChI is InChI=1S/C20H18Cl2N6O4S4/c21-8-1-2-9(22)10(3-8)33-6-13(29)26-15-17(30)28-16(19(31)32)11(5-34-18(15)28)35-7-36-14-4-12(23)25-20(24)27-14/h1-4,15,18H,5-7H2,(H,26,29)(H,31,32)(H4,23,24,25,27). The molecule has 10 nitrogen and oxygen atoms in total. The summed E-state index contributed by atoms with van der Waals surface area (Å²) < 4.78 is 0. The fourth-order valence-corrected chi connectivity index (χ4v) is 8.35. The van der Waals surface area contributed by atoms with Crippen molar-refractivity contribution in [1.29, 1.82) is 0 Å². The van der Waals surface area contributed by atoms with Crippen LogP contribution in [0.15, 0.2) is 44.8 Å². The second-order valence-corrected chi connectivity index (χ2v) is 12.7. The molecule has 0 spiro atoms. The highest BCUT2D eigenvalue weighted by molar-refractivity contribution is 8.18. The normalized spacial score (nSPS) is 19.1. The number of thioether (sulfide) groups is 4. The van der Waals surface area contributed by atoms with E-state index in [0.717, 1.165) is 0 Å². The largest absolute Gasteiger partial charge is 0.477 e. The minimum absolute atomic E-state index is 0.0270. The molecule has 1 aromatic carbocycles. The first-order valence-corrected chi connectivity index (χ1v) is 14.8. The number of hydrogen-bond acceptors (Lipinski definition) is 11. The maximum atomic E-state index is 12.8. The molecular formula is C20H18Cl2N6O4S4. The second kappa shape index (κ2) is 11.6. The molecule has 0 bridgehead atoms. The van der Waals surface area contributed by atoms with Gasteiger partial charge in [0.05, 0.1) is 10.8 Å². The highest BCUT2D eigenvalue weighted by atomic mass is 35.5. The molecule has 1 fully saturated rings. The molecule has 2 aliphatic heterocycles. The van der Waals surface area contributed by atoms with Crippen molar-refractivity contribution in [2.24, 2.45) is 0 Å². The van der Waals surface area contributed by atoms with Crippen LogP contribution in [0.4, 0.5) is 11.8 Å². The van der Waals surface area contributed by atoms with Gasteiger partial charge in [0.1, 0.15) is 28.0 Å². The third kappa shape index (κ3) is 6.11. The molecule has 0 radical (unpaired) electrons. The number of nitrogens with zero attached hydrogens (tertiary/aromatic N) is 3. The smallest absolute Gasteiger partial charge is 0.353 e. The molecule has 190 valence electrons. The summed E-state index contributed by atoms with van der Waals surface area (Å²) in [6, 6.07) is 5.72. The minimum Gasteiger partial charge on any atom is -0.477 e. The van der Waals surface area contributed by atoms with Crippen LogP contribution in [-0.2, 0) is 14.4 Å². The summed E-state index contributed by atoms with van der Waals surface area (Å²) in [5.74, 6) is -1.33. The van der Waals surface area contributed by atoms with Gasteiger partial charge >= 0.3 is 5.97 Å². The summed E-state index contributed by atoms with van der Waals surface area (Å²) in [5.41, 5.74) is 11.2. The van der Waals surface area contributed by atoms with E-state index < -0.39 is 23.3 Å². The molecule has 16 heteroatoms. The number of carbonyl (C=O) groups excluding carboxylic acids is 2. The SMILES string of the molecule is Nc1cc(SCSC2=C(C(=O)O)N3C(=O)C(NC(=O)CSc4cc(Cl)ccc4Cl)C3SC2)nc(N)n1. The minimum atomic E-state index is -1.20. The first kappa shape index (κ1) is 27.1. The molecule has 1 aromatic heterocycles. The lowest BCUT2D eigenvalue weighted by molar-refractivity contribution is -0.150. The van der Waals surface area contributed by atoms with E-state index >= 15 is 0 Å². The molecule has 2 aliphatic rings. The maximum Gasteiger partial charge on any atom is 0.353 e. The summed E-state index contributed by atoms with van der Waals surface area (Å²) in [6.07, 6.45) is 0. The average molecular weight is 606 g/mol. The van der Waals surface area contributed by atoms with Gasteiger partial charge in [0.2, 0.25) is 11.9 Å². The van der Waals surface area contributed by atoms with Crippen LogP contribution in [0.2, 0.25) is 10.0 Å². The predicted molar refractivity (Wildman–Crippen MR) is 146 cm³/mol. The van der Waals surface area contributed by atoms with E-state index in [1.807, 2.05) is 0 Å². The Morgan fingerprint density at radius 1 is 1.19 bits per heavy atom. The number of nitrogen functional groups attached to an aromatic ring is 2. The van der Waals surface area contributed by atoms with E-state index in [4.69, 9.17) is 34.7 Å². The monoisotopic (exact) mass is 604 g/mol. The number of aliphatic carboxylic acids is 1. The Hall–Kier alpha value is -1.97. The van der Waals surface area contributed by atoms with E-state index in [9.17, 15) is 19.5 Å². The second-order valence-electron chi connectivity index (χ2n) is 7.29. The van der Waals surface area contributed by atoms with Crippen molar-refractivity contribution < 1.29 is 19.5 Å². The Kier molecular flexibility index (Phi) is 8.73. The predicted octanol–water partition coefficient (Wildman–Crippen LogP) is 3.22. The number of β-lactam (4-membered cyclic amide) rings is 1. The van der Waals surface area contributed by atoms with Crippen LogP contribution < -0.4 is 16.8 Å². The summed E-state index contributed by atoms with van der Waals surface area (Å²) in [6.45, 7) is 0. The van der Waals surface area contributed by atoms with Crippen molar-refractivity contribution >= 4 is 99.8 Å². The van der Waals surface area contributed by atoms with Crippen LogP contribution >= 0.6 is 70.2 Å². The average Bonchev–Trinajstić information content (AvgIpc) is 2.82. The Morgan fingerprint density at radius 2 is 1.97 bits per heavy atom. The van der Waals surface area contributed by atoms with Gasteiger partial charge in [-0.15, -0.1) is 35.3 Å². The zero-order valence-corrected chi connectivity index (χ0v) is 22.9. The van der Waals surface area contributed by atoms with E-state index in [2.05, 4.69) is 15.3 Å². The van der Waals surface area contributed by atoms with E-state index in [1.165, 1.54) is 51.9 Å². The van der Waals surface area contributed by atoms with Crippen LogP contribution in [0.25, 0.3) is 0 Å². The van der Waals surface area contributed by atoms with E-state index in [-0.39, 0.29) is 29.1 Å². The number of rotatable bonds is 9. The number of anilines is 2. The molecule has 2 atom stereocenters. The van der Waals surface area contributed by atoms with Gasteiger partial charge in [0, 0.05) is 31.7 Å². The molecule has 0 aliphatic carbocycles. The number of carboxylic acid groups (broad SMARTS) is 1. The number of benzene rings is 1. The molecule has 6 N–H and O–H groups in total. The third-order valence-corrected chi connectivity index (χ3v) is 10.2. The maximum absolute atomic E-state index is 12.8. The number of carbonyl (C=O) groups is 3. The fourth-order valence-electron chi connectivity index (χ4n) is 3.34. The molecule has 4 rings (SSSR count). The number of carboxylic acids is 1. The zero-order valence-electron chi connectivity index (χ0n) is 18.1. The zero-order chi connectivity index (χ0) is 26.0. The lowest BCUT2D eigenvalue weighted by Gasteiger charge is -2.49. The van der Waals surface area contributed by atoms with Crippen molar-refractivity contribution in [2.45, 2.75) is 21.3 Å². The van der Waals surface area contributed by atoms with Gasteiger partial charge in [-0.2, -0.15) is 4.98 Å². The number of halogens is 2. The molecule has 2 aromatic rings. The van der Waals surface area contributed by atoms with Crippen molar-refractivity contribution in [1.82, 2.24) is 20.2 Å². The number of hydrogen-bond donors (Lipinski definition) is 4. The lowest BCUT2D eigenvalue weighted by Crippen LogP contribution is -2.70. The van der Waals surface area contributed by atoms with Crippen LogP contribution in [0, 0.1) is 0 Å². The quantitative estimate of drug-likeness (QED) is 0.143. The van der Waals surface area contributed by atoms with Crippen molar-refractivity contribution in [3.63, 3.8) is 0 Å². The number of aromatic nitrogens is 2. The van der Waals surface area contributed by atoms with Crippen LogP contribution in [0.5, 0.6) is 0 Å². The van der Waals surface area contributed by atoms with Gasteiger partial charge in [-0.25, -0.2) is 9.78 Å². The Bertz CT molecular complexity index is 1250. The first-order chi connectivity index (χ1) is 17.1. The molecule has 36 heavy (non-hydrogen) atoms. The number of fused-ring (bicyclic) bond motifs is 1. The van der Waals surface area contributed by atoms with Gasteiger partial charge in [-0.1, -0.05) is 35.0 Å². The number of nitrogens with two attached hydrogens (primary N) is 2. The Morgan fingerprint density at radius 3 is 2.69 bits per heavy atom. The van der Waals surface area contributed by atoms with Crippen molar-refractivity contribution in [3.05, 3.63) is 44.9 Å². The van der Waals surface area contributed by atoms with Gasteiger partial charge < -0.3 is 21.9 Å². The molecule has 2 unspecified atom stereocenters. The highest BCUT2D eigenvalue weighted by Gasteiger charge is 2.54. The van der Waals surface area contributed by atoms with Crippen molar-refractivity contribution in [2.75, 3.05) is 28.1 Å². The molecule has 2 amide bonds. The Labute approximate surface area is 232 Å². The fraction of sp³-hybridized carbons (Fsp3) is 0.250. The molecule has 1 saturated heterocycles. The lowest BCUT2D eigenvalue weighted by atomic mass is 10.1. The highest BCUT2D eigenvalue weighted by Crippen LogP contribution is 2.44. The summed E-state index contributed by atoms with van der Waals surface area (Å²) in [4.78, 5) is 47.7. The topological polar surface area (TPSA) is 165 Å². The summed E-state index contributed by atoms with van der Waals surface area (Å²) in [7, 11) is 0. The van der Waals surface area contributed by atoms with Gasteiger partial charge in [0.15, 0.2) is 0 Å². The summed E-state index contributed by atoms with van der Waals surface area (Å²) >= 11 is 17.3. The number of amides is 2. The Balaban J connectivity index is 1.36.